The van der Waals surface area contributed by atoms with Crippen molar-refractivity contribution in [2.24, 2.45) is 0 Å². The Hall–Kier alpha value is -3.08. The molecule has 172 valence electrons. The lowest BCUT2D eigenvalue weighted by Crippen LogP contribution is -2.30. The summed E-state index contributed by atoms with van der Waals surface area (Å²) >= 11 is 2.26. The van der Waals surface area contributed by atoms with E-state index < -0.39 is 0 Å². The number of fused-ring (bicyclic) bond motifs is 1. The number of hydrogen-bond donors (Lipinski definition) is 3. The van der Waals surface area contributed by atoms with Crippen LogP contribution in [0.25, 0.3) is 10.9 Å². The molecule has 3 amide bonds. The van der Waals surface area contributed by atoms with E-state index in [2.05, 4.69) is 43.5 Å². The van der Waals surface area contributed by atoms with Crippen molar-refractivity contribution in [3.05, 3.63) is 53.7 Å². The second kappa shape index (κ2) is 10.2. The molecular weight excluding hydrogens is 535 g/mol. The van der Waals surface area contributed by atoms with Crippen molar-refractivity contribution >= 4 is 51.1 Å². The van der Waals surface area contributed by atoms with Gasteiger partial charge >= 0.3 is 6.03 Å². The van der Waals surface area contributed by atoms with Gasteiger partial charge in [-0.2, -0.15) is 0 Å². The molecular formula is C24H25IN4O4. The Kier molecular flexibility index (Phi) is 7.17. The first-order valence-electron chi connectivity index (χ1n) is 10.7. The van der Waals surface area contributed by atoms with Crippen molar-refractivity contribution in [2.75, 3.05) is 19.0 Å². The number of urea groups is 1. The molecule has 1 fully saturated rings. The average Bonchev–Trinajstić information content (AvgIpc) is 3.63. The van der Waals surface area contributed by atoms with Crippen molar-refractivity contribution in [1.29, 1.82) is 0 Å². The van der Waals surface area contributed by atoms with Crippen molar-refractivity contribution in [2.45, 2.75) is 30.2 Å². The molecule has 4 rings (SSSR count). The van der Waals surface area contributed by atoms with Gasteiger partial charge in [0.2, 0.25) is 0 Å². The van der Waals surface area contributed by atoms with Crippen LogP contribution in [0, 0.1) is 0 Å². The number of nitrogens with one attached hydrogen (secondary N) is 3. The van der Waals surface area contributed by atoms with Crippen LogP contribution in [0.1, 0.15) is 35.7 Å². The molecule has 0 saturated heterocycles. The van der Waals surface area contributed by atoms with Gasteiger partial charge < -0.3 is 25.4 Å². The fraction of sp³-hybridized carbons (Fsp3) is 0.292. The van der Waals surface area contributed by atoms with Crippen LogP contribution < -0.4 is 25.4 Å². The normalized spacial score (nSPS) is 12.8. The summed E-state index contributed by atoms with van der Waals surface area (Å²) in [6.07, 6.45) is 3.72. The van der Waals surface area contributed by atoms with Crippen LogP contribution in [0.15, 0.2) is 42.6 Å². The number of carbonyl (C=O) groups excluding carboxylic acids is 2. The van der Waals surface area contributed by atoms with Crippen molar-refractivity contribution in [3.8, 4) is 17.2 Å². The molecule has 0 aliphatic heterocycles. The minimum atomic E-state index is -0.224. The zero-order valence-corrected chi connectivity index (χ0v) is 20.6. The number of benzene rings is 2. The number of nitrogens with zero attached hydrogens (tertiary/aromatic N) is 1. The lowest BCUT2D eigenvalue weighted by Gasteiger charge is -2.15. The highest BCUT2D eigenvalue weighted by atomic mass is 127. The Balaban J connectivity index is 1.63. The Morgan fingerprint density at radius 1 is 1.15 bits per heavy atom. The first kappa shape index (κ1) is 23.1. The molecule has 8 nitrogen and oxygen atoms in total. The van der Waals surface area contributed by atoms with Crippen LogP contribution >= 0.6 is 22.6 Å². The van der Waals surface area contributed by atoms with Gasteiger partial charge in [0, 0.05) is 40.4 Å². The molecule has 0 spiro atoms. The molecule has 2 aromatic carbocycles. The van der Waals surface area contributed by atoms with Crippen LogP contribution in [-0.4, -0.2) is 36.6 Å². The third-order valence-electron chi connectivity index (χ3n) is 5.21. The maximum atomic E-state index is 12.5. The monoisotopic (exact) mass is 560 g/mol. The highest BCUT2D eigenvalue weighted by molar-refractivity contribution is 14.1. The Morgan fingerprint density at radius 2 is 1.97 bits per heavy atom. The number of rotatable bonds is 8. The maximum absolute atomic E-state index is 12.5. The number of amides is 3. The summed E-state index contributed by atoms with van der Waals surface area (Å²) in [5.74, 6) is 1.42. The van der Waals surface area contributed by atoms with Crippen LogP contribution in [-0.2, 0) is 4.43 Å². The van der Waals surface area contributed by atoms with Gasteiger partial charge in [0.25, 0.3) is 5.91 Å². The molecule has 0 unspecified atom stereocenters. The molecule has 1 aliphatic rings. The highest BCUT2D eigenvalue weighted by Crippen LogP contribution is 2.34. The van der Waals surface area contributed by atoms with Gasteiger partial charge in [-0.25, -0.2) is 4.79 Å². The molecule has 1 aromatic heterocycles. The predicted molar refractivity (Wildman–Crippen MR) is 136 cm³/mol. The van der Waals surface area contributed by atoms with E-state index in [1.807, 2.05) is 25.1 Å². The molecule has 0 bridgehead atoms. The van der Waals surface area contributed by atoms with Crippen LogP contribution in [0.3, 0.4) is 0 Å². The molecule has 0 atom stereocenters. The van der Waals surface area contributed by atoms with E-state index in [0.717, 1.165) is 24.1 Å². The maximum Gasteiger partial charge on any atom is 0.319 e. The summed E-state index contributed by atoms with van der Waals surface area (Å²) in [6.45, 7) is 2.37. The van der Waals surface area contributed by atoms with Gasteiger partial charge in [0.05, 0.1) is 18.2 Å². The third kappa shape index (κ3) is 5.47. The molecule has 1 saturated carbocycles. The van der Waals surface area contributed by atoms with Gasteiger partial charge in [0.15, 0.2) is 0 Å². The van der Waals surface area contributed by atoms with Gasteiger partial charge in [-0.15, -0.1) is 0 Å². The van der Waals surface area contributed by atoms with Crippen molar-refractivity contribution < 1.29 is 19.1 Å². The Morgan fingerprint density at radius 3 is 2.67 bits per heavy atom. The number of pyridine rings is 1. The molecule has 9 heteroatoms. The first-order chi connectivity index (χ1) is 16.0. The lowest BCUT2D eigenvalue weighted by molar-refractivity contribution is 0.0953. The van der Waals surface area contributed by atoms with E-state index >= 15 is 0 Å². The quantitative estimate of drug-likeness (QED) is 0.266. The molecule has 0 radical (unpaired) electrons. The predicted octanol–water partition coefficient (Wildman–Crippen LogP) is 5.00. The number of hydrogen-bond acceptors (Lipinski definition) is 5. The second-order valence-corrected chi connectivity index (χ2v) is 8.43. The standard InChI is InChI=1S/C24H25IN4O4/c1-3-26-23(30)18-11-17-20(12-22(18)32-2)27-9-8-21(17)33-16-6-7-19(14(10-16)13-25)29-24(31)28-15-4-5-15/h6-12,15H,3-5,13H2,1-2H3,(H,26,30)(H2,28,29,31). The van der Waals surface area contributed by atoms with E-state index in [1.54, 1.807) is 24.4 Å². The van der Waals surface area contributed by atoms with Crippen LogP contribution in [0.5, 0.6) is 17.2 Å². The van der Waals surface area contributed by atoms with Gasteiger partial charge in [0.1, 0.15) is 17.2 Å². The van der Waals surface area contributed by atoms with Gasteiger partial charge in [-0.3, -0.25) is 9.78 Å². The first-order valence-corrected chi connectivity index (χ1v) is 12.2. The smallest absolute Gasteiger partial charge is 0.319 e. The van der Waals surface area contributed by atoms with E-state index in [-0.39, 0.29) is 11.9 Å². The lowest BCUT2D eigenvalue weighted by atomic mass is 10.1. The van der Waals surface area contributed by atoms with Gasteiger partial charge in [-0.05, 0) is 55.7 Å². The Bertz CT molecular complexity index is 1200. The zero-order valence-electron chi connectivity index (χ0n) is 18.4. The summed E-state index contributed by atoms with van der Waals surface area (Å²) in [4.78, 5) is 29.1. The largest absolute Gasteiger partial charge is 0.496 e. The van der Waals surface area contributed by atoms with Crippen molar-refractivity contribution in [3.63, 3.8) is 0 Å². The summed E-state index contributed by atoms with van der Waals surface area (Å²) in [7, 11) is 1.52. The summed E-state index contributed by atoms with van der Waals surface area (Å²) in [5, 5.41) is 9.34. The minimum absolute atomic E-state index is 0.191. The fourth-order valence-corrected chi connectivity index (χ4v) is 4.04. The topological polar surface area (TPSA) is 102 Å². The average molecular weight is 560 g/mol. The summed E-state index contributed by atoms with van der Waals surface area (Å²) in [6, 6.07) is 10.9. The SMILES string of the molecule is CCNC(=O)c1cc2c(Oc3ccc(NC(=O)NC4CC4)c(CI)c3)ccnc2cc1OC. The number of ether oxygens (including phenoxy) is 2. The zero-order chi connectivity index (χ0) is 23.4. The molecule has 1 aliphatic carbocycles. The van der Waals surface area contributed by atoms with Crippen molar-refractivity contribution in [1.82, 2.24) is 15.6 Å². The van der Waals surface area contributed by atoms with E-state index in [1.165, 1.54) is 7.11 Å². The number of carbonyl (C=O) groups is 2. The molecule has 1 heterocycles. The molecule has 33 heavy (non-hydrogen) atoms. The molecule has 3 N–H and O–H groups in total. The number of alkyl halides is 1. The summed E-state index contributed by atoms with van der Waals surface area (Å²) < 4.78 is 12.3. The Labute approximate surface area is 205 Å². The number of aromatic nitrogens is 1. The fourth-order valence-electron chi connectivity index (χ4n) is 3.40. The third-order valence-corrected chi connectivity index (χ3v) is 6.04. The van der Waals surface area contributed by atoms with Crippen LogP contribution in [0.2, 0.25) is 0 Å². The van der Waals surface area contributed by atoms with E-state index in [4.69, 9.17) is 9.47 Å². The molecule has 3 aromatic rings. The summed E-state index contributed by atoms with van der Waals surface area (Å²) in [5.41, 5.74) is 2.76. The highest BCUT2D eigenvalue weighted by Gasteiger charge is 2.23. The number of methoxy groups -OCH3 is 1. The second-order valence-electron chi connectivity index (χ2n) is 7.67. The van der Waals surface area contributed by atoms with E-state index in [0.29, 0.717) is 50.7 Å². The van der Waals surface area contributed by atoms with Crippen LogP contribution in [0.4, 0.5) is 10.5 Å². The minimum Gasteiger partial charge on any atom is -0.496 e. The van der Waals surface area contributed by atoms with E-state index in [9.17, 15) is 9.59 Å². The number of anilines is 1. The van der Waals surface area contributed by atoms with Gasteiger partial charge in [-0.1, -0.05) is 22.6 Å². The number of halogens is 1.